The number of hydrogen-bond donors (Lipinski definition) is 3. The molecule has 3 N–H and O–H groups in total. The topological polar surface area (TPSA) is 61.4 Å². The number of hydrogen-bond acceptors (Lipinski definition) is 3. The minimum absolute atomic E-state index is 0.0954. The van der Waals surface area contributed by atoms with Gasteiger partial charge >= 0.3 is 0 Å². The summed E-state index contributed by atoms with van der Waals surface area (Å²) in [5, 5.41) is 14.9. The lowest BCUT2D eigenvalue weighted by molar-refractivity contribution is -0.121. The second-order valence-corrected chi connectivity index (χ2v) is 3.49. The monoisotopic (exact) mass is 222 g/mol. The molecule has 4 heteroatoms. The van der Waals surface area contributed by atoms with Crippen molar-refractivity contribution in [2.24, 2.45) is 0 Å². The summed E-state index contributed by atoms with van der Waals surface area (Å²) < 4.78 is 0. The smallest absolute Gasteiger partial charge is 0.234 e. The van der Waals surface area contributed by atoms with Crippen molar-refractivity contribution in [3.05, 3.63) is 35.9 Å². The average molecular weight is 222 g/mol. The van der Waals surface area contributed by atoms with E-state index in [1.165, 1.54) is 0 Å². The van der Waals surface area contributed by atoms with Gasteiger partial charge in [0.1, 0.15) is 0 Å². The second-order valence-electron chi connectivity index (χ2n) is 3.49. The molecule has 0 aromatic heterocycles. The third kappa shape index (κ3) is 4.00. The molecule has 1 aromatic carbocycles. The van der Waals surface area contributed by atoms with Crippen molar-refractivity contribution in [2.45, 2.75) is 13.0 Å². The summed E-state index contributed by atoms with van der Waals surface area (Å²) in [5.41, 5.74) is 0.912. The molecule has 0 spiro atoms. The Hall–Kier alpha value is -1.39. The number of carbonyl (C=O) groups is 1. The van der Waals surface area contributed by atoms with Crippen molar-refractivity contribution in [3.63, 3.8) is 0 Å². The number of benzene rings is 1. The summed E-state index contributed by atoms with van der Waals surface area (Å²) >= 11 is 0. The van der Waals surface area contributed by atoms with E-state index < -0.39 is 0 Å². The fraction of sp³-hybridized carbons (Fsp3) is 0.417. The molecule has 0 aliphatic heterocycles. The van der Waals surface area contributed by atoms with Crippen LogP contribution in [0, 0.1) is 0 Å². The maximum atomic E-state index is 11.5. The Morgan fingerprint density at radius 1 is 1.38 bits per heavy atom. The Morgan fingerprint density at radius 3 is 2.62 bits per heavy atom. The van der Waals surface area contributed by atoms with Crippen molar-refractivity contribution >= 4 is 5.91 Å². The normalized spacial score (nSPS) is 12.1. The lowest BCUT2D eigenvalue weighted by Gasteiger charge is -2.16. The zero-order valence-corrected chi connectivity index (χ0v) is 9.44. The van der Waals surface area contributed by atoms with Crippen LogP contribution in [0.5, 0.6) is 0 Å². The molecule has 0 aliphatic carbocycles. The highest BCUT2D eigenvalue weighted by Gasteiger charge is 2.12. The molecular formula is C12H18N2O2. The molecular weight excluding hydrogens is 204 g/mol. The largest absolute Gasteiger partial charge is 0.394 e. The molecule has 0 saturated heterocycles. The van der Waals surface area contributed by atoms with Gasteiger partial charge in [0.05, 0.1) is 19.2 Å². The third-order valence-corrected chi connectivity index (χ3v) is 2.26. The van der Waals surface area contributed by atoms with Crippen molar-refractivity contribution in [3.8, 4) is 0 Å². The molecule has 1 amide bonds. The van der Waals surface area contributed by atoms with Crippen LogP contribution in [0.3, 0.4) is 0 Å². The highest BCUT2D eigenvalue weighted by Crippen LogP contribution is 2.10. The Kier molecular flexibility index (Phi) is 5.53. The van der Waals surface area contributed by atoms with E-state index in [-0.39, 0.29) is 25.1 Å². The van der Waals surface area contributed by atoms with Gasteiger partial charge in [-0.15, -0.1) is 0 Å². The molecule has 0 saturated carbocycles. The van der Waals surface area contributed by atoms with Gasteiger partial charge in [-0.25, -0.2) is 0 Å². The van der Waals surface area contributed by atoms with Crippen molar-refractivity contribution in [2.75, 3.05) is 19.7 Å². The van der Waals surface area contributed by atoms with E-state index in [9.17, 15) is 9.90 Å². The molecule has 88 valence electrons. The van der Waals surface area contributed by atoms with Gasteiger partial charge in [-0.2, -0.15) is 0 Å². The summed E-state index contributed by atoms with van der Waals surface area (Å²) in [6, 6.07) is 9.11. The van der Waals surface area contributed by atoms with Crippen LogP contribution in [-0.2, 0) is 4.79 Å². The lowest BCUT2D eigenvalue weighted by atomic mass is 10.1. The second kappa shape index (κ2) is 6.98. The Morgan fingerprint density at radius 2 is 2.06 bits per heavy atom. The minimum Gasteiger partial charge on any atom is -0.394 e. The Labute approximate surface area is 95.7 Å². The average Bonchev–Trinajstić information content (AvgIpc) is 2.34. The van der Waals surface area contributed by atoms with Crippen LogP contribution in [0.2, 0.25) is 0 Å². The fourth-order valence-corrected chi connectivity index (χ4v) is 1.40. The molecule has 1 aromatic rings. The lowest BCUT2D eigenvalue weighted by Crippen LogP contribution is -2.37. The van der Waals surface area contributed by atoms with Gasteiger partial charge in [0.2, 0.25) is 5.91 Å². The number of rotatable bonds is 6. The molecule has 0 fully saturated rings. The van der Waals surface area contributed by atoms with Crippen LogP contribution in [0.1, 0.15) is 18.5 Å². The minimum atomic E-state index is -0.327. The van der Waals surface area contributed by atoms with Crippen LogP contribution in [-0.4, -0.2) is 30.7 Å². The predicted octanol–water partition coefficient (Wildman–Crippen LogP) is 0.446. The van der Waals surface area contributed by atoms with E-state index in [1.54, 1.807) is 0 Å². The standard InChI is InChI=1S/C12H18N2O2/c1-2-13-8-12(16)14-11(9-15)10-6-4-3-5-7-10/h3-7,11,13,15H,2,8-9H2,1H3,(H,14,16). The van der Waals surface area contributed by atoms with Gasteiger partial charge in [-0.3, -0.25) is 4.79 Å². The first-order valence-corrected chi connectivity index (χ1v) is 5.43. The van der Waals surface area contributed by atoms with Crippen LogP contribution in [0.15, 0.2) is 30.3 Å². The first-order valence-electron chi connectivity index (χ1n) is 5.43. The maximum Gasteiger partial charge on any atom is 0.234 e. The number of aliphatic hydroxyl groups excluding tert-OH is 1. The molecule has 16 heavy (non-hydrogen) atoms. The van der Waals surface area contributed by atoms with Crippen molar-refractivity contribution in [1.29, 1.82) is 0 Å². The SMILES string of the molecule is CCNCC(=O)NC(CO)c1ccccc1. The summed E-state index contributed by atoms with van der Waals surface area (Å²) in [6.45, 7) is 2.87. The maximum absolute atomic E-state index is 11.5. The van der Waals surface area contributed by atoms with Gasteiger partial charge in [0, 0.05) is 0 Å². The Bertz CT molecular complexity index is 314. The van der Waals surface area contributed by atoms with Gasteiger partial charge < -0.3 is 15.7 Å². The number of carbonyl (C=O) groups excluding carboxylic acids is 1. The van der Waals surface area contributed by atoms with Gasteiger partial charge in [0.15, 0.2) is 0 Å². The van der Waals surface area contributed by atoms with Gasteiger partial charge in [-0.05, 0) is 12.1 Å². The van der Waals surface area contributed by atoms with E-state index in [0.717, 1.165) is 12.1 Å². The van der Waals surface area contributed by atoms with Gasteiger partial charge in [0.25, 0.3) is 0 Å². The molecule has 0 radical (unpaired) electrons. The van der Waals surface area contributed by atoms with Crippen molar-refractivity contribution < 1.29 is 9.90 Å². The van der Waals surface area contributed by atoms with E-state index in [4.69, 9.17) is 0 Å². The molecule has 0 bridgehead atoms. The molecule has 0 aliphatic rings. The van der Waals surface area contributed by atoms with Crippen LogP contribution < -0.4 is 10.6 Å². The van der Waals surface area contributed by atoms with E-state index in [0.29, 0.717) is 0 Å². The molecule has 1 unspecified atom stereocenters. The zero-order chi connectivity index (χ0) is 11.8. The molecule has 0 heterocycles. The first kappa shape index (κ1) is 12.7. The van der Waals surface area contributed by atoms with E-state index >= 15 is 0 Å². The van der Waals surface area contributed by atoms with E-state index in [2.05, 4.69) is 10.6 Å². The third-order valence-electron chi connectivity index (χ3n) is 2.26. The molecule has 4 nitrogen and oxygen atoms in total. The van der Waals surface area contributed by atoms with Gasteiger partial charge in [-0.1, -0.05) is 37.3 Å². The van der Waals surface area contributed by atoms with Crippen molar-refractivity contribution in [1.82, 2.24) is 10.6 Å². The number of amides is 1. The highest BCUT2D eigenvalue weighted by molar-refractivity contribution is 5.78. The fourth-order valence-electron chi connectivity index (χ4n) is 1.40. The van der Waals surface area contributed by atoms with Crippen LogP contribution in [0.4, 0.5) is 0 Å². The van der Waals surface area contributed by atoms with Crippen LogP contribution in [0.25, 0.3) is 0 Å². The molecule has 1 rings (SSSR count). The quantitative estimate of drug-likeness (QED) is 0.654. The first-order chi connectivity index (χ1) is 7.77. The summed E-state index contributed by atoms with van der Waals surface area (Å²) in [7, 11) is 0. The summed E-state index contributed by atoms with van der Waals surface area (Å²) in [5.74, 6) is -0.107. The highest BCUT2D eigenvalue weighted by atomic mass is 16.3. The summed E-state index contributed by atoms with van der Waals surface area (Å²) in [6.07, 6.45) is 0. The predicted molar refractivity (Wildman–Crippen MR) is 63.0 cm³/mol. The Balaban J connectivity index is 2.52. The number of nitrogens with one attached hydrogen (secondary N) is 2. The van der Waals surface area contributed by atoms with E-state index in [1.807, 2.05) is 37.3 Å². The van der Waals surface area contributed by atoms with Crippen LogP contribution >= 0.6 is 0 Å². The molecule has 1 atom stereocenters. The number of aliphatic hydroxyl groups is 1. The zero-order valence-electron chi connectivity index (χ0n) is 9.44. The number of likely N-dealkylation sites (N-methyl/N-ethyl adjacent to an activating group) is 1. The summed E-state index contributed by atoms with van der Waals surface area (Å²) in [4.78, 5) is 11.5.